The van der Waals surface area contributed by atoms with Gasteiger partial charge in [-0.15, -0.1) is 0 Å². The third kappa shape index (κ3) is 2.75. The summed E-state index contributed by atoms with van der Waals surface area (Å²) in [7, 11) is 0. The highest BCUT2D eigenvalue weighted by Gasteiger charge is 2.52. The van der Waals surface area contributed by atoms with Gasteiger partial charge in [-0.05, 0) is 50.7 Å². The van der Waals surface area contributed by atoms with Crippen molar-refractivity contribution in [1.29, 1.82) is 0 Å². The van der Waals surface area contributed by atoms with E-state index < -0.39 is 23.0 Å². The summed E-state index contributed by atoms with van der Waals surface area (Å²) in [6, 6.07) is 8.28. The maximum atomic E-state index is 12.7. The SMILES string of the molecule is CC(C)(OC(=O)C1(C(=O)O)CCCC1)C1Cc2ccccc2C1. The fourth-order valence-electron chi connectivity index (χ4n) is 3.95. The predicted octanol–water partition coefficient (Wildman–Crippen LogP) is 3.37. The van der Waals surface area contributed by atoms with Crippen LogP contribution in [0.2, 0.25) is 0 Å². The summed E-state index contributed by atoms with van der Waals surface area (Å²) in [5.41, 5.74) is 0.607. The number of fused-ring (bicyclic) bond motifs is 1. The van der Waals surface area contributed by atoms with Crippen LogP contribution in [0, 0.1) is 11.3 Å². The quantitative estimate of drug-likeness (QED) is 0.683. The molecule has 1 fully saturated rings. The van der Waals surface area contributed by atoms with E-state index in [9.17, 15) is 14.7 Å². The second kappa shape index (κ2) is 5.66. The Morgan fingerprint density at radius 3 is 2.13 bits per heavy atom. The highest BCUT2D eigenvalue weighted by molar-refractivity contribution is 5.99. The van der Waals surface area contributed by atoms with Gasteiger partial charge in [0, 0.05) is 5.92 Å². The lowest BCUT2D eigenvalue weighted by molar-refractivity contribution is -0.181. The van der Waals surface area contributed by atoms with E-state index >= 15 is 0 Å². The van der Waals surface area contributed by atoms with Crippen LogP contribution < -0.4 is 0 Å². The summed E-state index contributed by atoms with van der Waals surface area (Å²) < 4.78 is 5.78. The van der Waals surface area contributed by atoms with Gasteiger partial charge in [-0.3, -0.25) is 9.59 Å². The zero-order chi connectivity index (χ0) is 16.7. The van der Waals surface area contributed by atoms with Crippen molar-refractivity contribution in [1.82, 2.24) is 0 Å². The number of benzene rings is 1. The molecule has 0 bridgehead atoms. The number of carbonyl (C=O) groups excluding carboxylic acids is 1. The molecule has 0 saturated heterocycles. The van der Waals surface area contributed by atoms with Crippen molar-refractivity contribution in [3.8, 4) is 0 Å². The van der Waals surface area contributed by atoms with Crippen LogP contribution in [0.1, 0.15) is 50.7 Å². The summed E-state index contributed by atoms with van der Waals surface area (Å²) >= 11 is 0. The van der Waals surface area contributed by atoms with Gasteiger partial charge in [0.2, 0.25) is 0 Å². The third-order valence-corrected chi connectivity index (χ3v) is 5.65. The number of carboxylic acids is 1. The molecule has 0 radical (unpaired) electrons. The maximum absolute atomic E-state index is 12.7. The van der Waals surface area contributed by atoms with Crippen molar-refractivity contribution >= 4 is 11.9 Å². The number of hydrogen-bond donors (Lipinski definition) is 1. The fraction of sp³-hybridized carbons (Fsp3) is 0.579. The molecule has 1 aromatic carbocycles. The van der Waals surface area contributed by atoms with Gasteiger partial charge in [0.15, 0.2) is 5.41 Å². The molecule has 0 aromatic heterocycles. The monoisotopic (exact) mass is 316 g/mol. The Balaban J connectivity index is 1.74. The first-order valence-electron chi connectivity index (χ1n) is 8.39. The molecule has 0 unspecified atom stereocenters. The van der Waals surface area contributed by atoms with Gasteiger partial charge in [-0.1, -0.05) is 37.1 Å². The molecule has 23 heavy (non-hydrogen) atoms. The minimum absolute atomic E-state index is 0.191. The number of rotatable bonds is 4. The molecule has 1 aromatic rings. The van der Waals surface area contributed by atoms with Gasteiger partial charge in [-0.2, -0.15) is 0 Å². The topological polar surface area (TPSA) is 63.6 Å². The Bertz CT molecular complexity index is 601. The highest BCUT2D eigenvalue weighted by Crippen LogP contribution is 2.42. The largest absolute Gasteiger partial charge is 0.480 e. The number of aliphatic carboxylic acids is 1. The number of esters is 1. The molecule has 1 N–H and O–H groups in total. The second-order valence-electron chi connectivity index (χ2n) is 7.46. The van der Waals surface area contributed by atoms with Gasteiger partial charge in [0.25, 0.3) is 0 Å². The average Bonchev–Trinajstić information content (AvgIpc) is 3.14. The molecule has 3 rings (SSSR count). The zero-order valence-corrected chi connectivity index (χ0v) is 13.8. The minimum Gasteiger partial charge on any atom is -0.480 e. The van der Waals surface area contributed by atoms with E-state index in [2.05, 4.69) is 12.1 Å². The number of hydrogen-bond acceptors (Lipinski definition) is 3. The van der Waals surface area contributed by atoms with Gasteiger partial charge in [-0.25, -0.2) is 0 Å². The Hall–Kier alpha value is -1.84. The van der Waals surface area contributed by atoms with Crippen molar-refractivity contribution in [2.24, 2.45) is 11.3 Å². The van der Waals surface area contributed by atoms with E-state index in [0.29, 0.717) is 12.8 Å². The first-order valence-corrected chi connectivity index (χ1v) is 8.39. The van der Waals surface area contributed by atoms with Crippen LogP contribution in [0.5, 0.6) is 0 Å². The predicted molar refractivity (Wildman–Crippen MR) is 86.0 cm³/mol. The first kappa shape index (κ1) is 16.0. The van der Waals surface area contributed by atoms with Crippen LogP contribution in [-0.2, 0) is 27.2 Å². The molecule has 0 spiro atoms. The van der Waals surface area contributed by atoms with E-state index in [0.717, 1.165) is 25.7 Å². The van der Waals surface area contributed by atoms with E-state index in [1.807, 2.05) is 26.0 Å². The van der Waals surface area contributed by atoms with Crippen LogP contribution in [0.15, 0.2) is 24.3 Å². The van der Waals surface area contributed by atoms with Gasteiger partial charge in [0.1, 0.15) is 5.60 Å². The summed E-state index contributed by atoms with van der Waals surface area (Å²) in [4.78, 5) is 24.3. The van der Waals surface area contributed by atoms with Gasteiger partial charge in [0.05, 0.1) is 0 Å². The van der Waals surface area contributed by atoms with Crippen LogP contribution in [0.25, 0.3) is 0 Å². The lowest BCUT2D eigenvalue weighted by Crippen LogP contribution is -2.45. The van der Waals surface area contributed by atoms with Gasteiger partial charge >= 0.3 is 11.9 Å². The van der Waals surface area contributed by atoms with Crippen molar-refractivity contribution < 1.29 is 19.4 Å². The van der Waals surface area contributed by atoms with E-state index in [4.69, 9.17) is 4.74 Å². The molecule has 0 atom stereocenters. The number of carboxylic acid groups (broad SMARTS) is 1. The smallest absolute Gasteiger partial charge is 0.324 e. The van der Waals surface area contributed by atoms with Crippen molar-refractivity contribution in [2.45, 2.75) is 58.0 Å². The van der Waals surface area contributed by atoms with Gasteiger partial charge < -0.3 is 9.84 Å². The molecule has 0 aliphatic heterocycles. The molecule has 0 amide bonds. The Morgan fingerprint density at radius 1 is 1.13 bits per heavy atom. The molecule has 2 aliphatic rings. The Morgan fingerprint density at radius 2 is 1.65 bits per heavy atom. The zero-order valence-electron chi connectivity index (χ0n) is 13.8. The Labute approximate surface area is 136 Å². The molecule has 1 saturated carbocycles. The summed E-state index contributed by atoms with van der Waals surface area (Å²) in [6.45, 7) is 3.82. The Kier molecular flexibility index (Phi) is 3.95. The highest BCUT2D eigenvalue weighted by atomic mass is 16.6. The molecule has 2 aliphatic carbocycles. The number of ether oxygens (including phenoxy) is 1. The van der Waals surface area contributed by atoms with Crippen LogP contribution in [-0.4, -0.2) is 22.6 Å². The van der Waals surface area contributed by atoms with E-state index in [1.54, 1.807) is 0 Å². The molecule has 0 heterocycles. The van der Waals surface area contributed by atoms with Crippen molar-refractivity contribution in [3.63, 3.8) is 0 Å². The number of carbonyl (C=O) groups is 2. The van der Waals surface area contributed by atoms with Crippen molar-refractivity contribution in [3.05, 3.63) is 35.4 Å². The molecule has 4 heteroatoms. The fourth-order valence-corrected chi connectivity index (χ4v) is 3.95. The molecular weight excluding hydrogens is 292 g/mol. The lowest BCUT2D eigenvalue weighted by atomic mass is 9.84. The first-order chi connectivity index (χ1) is 10.8. The van der Waals surface area contributed by atoms with Crippen molar-refractivity contribution in [2.75, 3.05) is 0 Å². The second-order valence-corrected chi connectivity index (χ2v) is 7.46. The lowest BCUT2D eigenvalue weighted by Gasteiger charge is -2.34. The minimum atomic E-state index is -1.33. The summed E-state index contributed by atoms with van der Waals surface area (Å²) in [5.74, 6) is -1.40. The van der Waals surface area contributed by atoms with Crippen LogP contribution in [0.3, 0.4) is 0 Å². The normalized spacial score (nSPS) is 20.3. The van der Waals surface area contributed by atoms with Crippen LogP contribution in [0.4, 0.5) is 0 Å². The molecule has 124 valence electrons. The third-order valence-electron chi connectivity index (χ3n) is 5.65. The van der Waals surface area contributed by atoms with Crippen LogP contribution >= 0.6 is 0 Å². The average molecular weight is 316 g/mol. The van der Waals surface area contributed by atoms with E-state index in [-0.39, 0.29) is 5.92 Å². The summed E-state index contributed by atoms with van der Waals surface area (Å²) in [5, 5.41) is 9.54. The standard InChI is InChI=1S/C19H24O4/c1-18(2,15-11-13-7-3-4-8-14(13)12-15)23-17(22)19(16(20)21)9-5-6-10-19/h3-4,7-8,15H,5-6,9-12H2,1-2H3,(H,20,21). The van der Waals surface area contributed by atoms with E-state index in [1.165, 1.54) is 11.1 Å². The summed E-state index contributed by atoms with van der Waals surface area (Å²) in [6.07, 6.45) is 4.07. The molecule has 4 nitrogen and oxygen atoms in total. The maximum Gasteiger partial charge on any atom is 0.324 e. The molecular formula is C19H24O4.